The van der Waals surface area contributed by atoms with Crippen LogP contribution in [-0.4, -0.2) is 17.9 Å². The predicted octanol–water partition coefficient (Wildman–Crippen LogP) is 5.70. The lowest BCUT2D eigenvalue weighted by molar-refractivity contribution is 0.103. The van der Waals surface area contributed by atoms with Gasteiger partial charge in [-0.1, -0.05) is 30.3 Å². The maximum atomic E-state index is 13.4. The number of hydrogen-bond donors (Lipinski definition) is 0. The number of benzene rings is 1. The Morgan fingerprint density at radius 1 is 1.00 bits per heavy atom. The summed E-state index contributed by atoms with van der Waals surface area (Å²) < 4.78 is 5.22. The topological polar surface area (TPSA) is 39.2 Å². The molecule has 0 saturated carbocycles. The van der Waals surface area contributed by atoms with Crippen molar-refractivity contribution in [1.29, 1.82) is 0 Å². The van der Waals surface area contributed by atoms with Gasteiger partial charge in [-0.15, -0.1) is 11.3 Å². The molecule has 0 spiro atoms. The number of thiazole rings is 1. The van der Waals surface area contributed by atoms with Crippen LogP contribution in [0.5, 0.6) is 5.75 Å². The number of aryl methyl sites for hydroxylation is 1. The largest absolute Gasteiger partial charge is 0.497 e. The maximum absolute atomic E-state index is 13.4. The molecule has 28 heavy (non-hydrogen) atoms. The van der Waals surface area contributed by atoms with E-state index in [4.69, 9.17) is 4.74 Å². The van der Waals surface area contributed by atoms with Gasteiger partial charge in [0.05, 0.1) is 12.1 Å². The quantitative estimate of drug-likeness (QED) is 0.413. The molecular formula is C24H21NO2S. The minimum Gasteiger partial charge on any atom is -0.497 e. The standard InChI is InChI=1S/C24H21NO2S/c1-15-14-28-22(25-15)13-21-16(2)23(20-8-6-4-5-7-19(20)21)24(26)17-9-11-18(27-3)12-10-17/h4-12,14H,13H2,1-3H3. The van der Waals surface area contributed by atoms with Gasteiger partial charge >= 0.3 is 0 Å². The smallest absolute Gasteiger partial charge is 0.193 e. The Hall–Kier alpha value is -2.98. The number of aromatic nitrogens is 1. The van der Waals surface area contributed by atoms with Gasteiger partial charge in [-0.2, -0.15) is 0 Å². The fraction of sp³-hybridized carbons (Fsp3) is 0.167. The molecule has 0 saturated heterocycles. The zero-order valence-corrected chi connectivity index (χ0v) is 17.0. The van der Waals surface area contributed by atoms with Crippen LogP contribution in [0.4, 0.5) is 0 Å². The van der Waals surface area contributed by atoms with Gasteiger partial charge in [0.2, 0.25) is 0 Å². The molecule has 0 atom stereocenters. The molecule has 1 aromatic heterocycles. The van der Waals surface area contributed by atoms with Crippen molar-refractivity contribution < 1.29 is 9.53 Å². The highest BCUT2D eigenvalue weighted by Gasteiger charge is 2.25. The number of rotatable bonds is 5. The molecule has 4 heteroatoms. The van der Waals surface area contributed by atoms with Crippen LogP contribution < -0.4 is 4.74 Å². The molecule has 0 bridgehead atoms. The number of methoxy groups -OCH3 is 1. The Bertz CT molecular complexity index is 1110. The molecule has 0 fully saturated rings. The van der Waals surface area contributed by atoms with Crippen LogP contribution in [0.1, 0.15) is 37.7 Å². The van der Waals surface area contributed by atoms with Crippen LogP contribution in [0.2, 0.25) is 0 Å². The van der Waals surface area contributed by atoms with Gasteiger partial charge in [0.25, 0.3) is 0 Å². The second-order valence-corrected chi connectivity index (χ2v) is 7.78. The van der Waals surface area contributed by atoms with E-state index >= 15 is 0 Å². The Labute approximate surface area is 169 Å². The van der Waals surface area contributed by atoms with E-state index in [-0.39, 0.29) is 5.78 Å². The molecule has 0 aliphatic heterocycles. The fourth-order valence-electron chi connectivity index (χ4n) is 3.63. The van der Waals surface area contributed by atoms with Gasteiger partial charge < -0.3 is 4.74 Å². The number of carbonyl (C=O) groups excluding carboxylic acids is 1. The lowest BCUT2D eigenvalue weighted by Gasteiger charge is -2.05. The van der Waals surface area contributed by atoms with Crippen LogP contribution in [0.25, 0.3) is 11.1 Å². The number of hydrogen-bond acceptors (Lipinski definition) is 4. The SMILES string of the molecule is COc1ccc(C(=O)c2c3cccccc-3c(Cc3nc(C)cs3)c2C)cc1. The second-order valence-electron chi connectivity index (χ2n) is 6.83. The van der Waals surface area contributed by atoms with Crippen molar-refractivity contribution in [2.45, 2.75) is 20.3 Å². The first-order valence-electron chi connectivity index (χ1n) is 9.18. The summed E-state index contributed by atoms with van der Waals surface area (Å²) in [7, 11) is 1.62. The number of fused-ring (bicyclic) bond motifs is 1. The average Bonchev–Trinajstić information content (AvgIpc) is 3.12. The van der Waals surface area contributed by atoms with Crippen LogP contribution in [0.3, 0.4) is 0 Å². The van der Waals surface area contributed by atoms with Crippen LogP contribution in [0, 0.1) is 13.8 Å². The molecule has 0 radical (unpaired) electrons. The van der Waals surface area contributed by atoms with Crippen LogP contribution in [-0.2, 0) is 6.42 Å². The molecule has 3 nitrogen and oxygen atoms in total. The first kappa shape index (κ1) is 18.4. The Balaban J connectivity index is 1.83. The summed E-state index contributed by atoms with van der Waals surface area (Å²) in [5.74, 6) is 0.782. The maximum Gasteiger partial charge on any atom is 0.193 e. The van der Waals surface area contributed by atoms with E-state index in [0.717, 1.165) is 45.1 Å². The van der Waals surface area contributed by atoms with E-state index < -0.39 is 0 Å². The molecule has 0 amide bonds. The van der Waals surface area contributed by atoms with E-state index in [9.17, 15) is 4.79 Å². The summed E-state index contributed by atoms with van der Waals surface area (Å²) in [5, 5.41) is 3.14. The van der Waals surface area contributed by atoms with Crippen LogP contribution >= 0.6 is 11.3 Å². The van der Waals surface area contributed by atoms with Gasteiger partial charge in [-0.25, -0.2) is 4.98 Å². The van der Waals surface area contributed by atoms with Crippen molar-refractivity contribution >= 4 is 17.1 Å². The molecular weight excluding hydrogens is 366 g/mol. The Morgan fingerprint density at radius 3 is 2.36 bits per heavy atom. The summed E-state index contributed by atoms with van der Waals surface area (Å²) in [6.07, 6.45) is 0.737. The summed E-state index contributed by atoms with van der Waals surface area (Å²) in [6.45, 7) is 4.06. The van der Waals surface area contributed by atoms with E-state index in [1.165, 1.54) is 5.56 Å². The normalized spacial score (nSPS) is 11.0. The third kappa shape index (κ3) is 3.32. The van der Waals surface area contributed by atoms with Gasteiger partial charge in [0.15, 0.2) is 5.78 Å². The molecule has 2 aliphatic rings. The monoisotopic (exact) mass is 387 g/mol. The van der Waals surface area contributed by atoms with E-state index in [0.29, 0.717) is 5.56 Å². The summed E-state index contributed by atoms with van der Waals surface area (Å²) >= 11 is 1.67. The fourth-order valence-corrected chi connectivity index (χ4v) is 4.41. The second kappa shape index (κ2) is 7.56. The van der Waals surface area contributed by atoms with Gasteiger partial charge in [-0.3, -0.25) is 4.79 Å². The van der Waals surface area contributed by atoms with Crippen molar-refractivity contribution in [3.63, 3.8) is 0 Å². The molecule has 0 N–H and O–H groups in total. The zero-order valence-electron chi connectivity index (χ0n) is 16.2. The van der Waals surface area contributed by atoms with Gasteiger partial charge in [0, 0.05) is 28.6 Å². The van der Waals surface area contributed by atoms with Gasteiger partial charge in [-0.05, 0) is 60.4 Å². The highest BCUT2D eigenvalue weighted by Crippen LogP contribution is 2.39. The number of carbonyl (C=O) groups is 1. The van der Waals surface area contributed by atoms with E-state index in [1.807, 2.05) is 62.4 Å². The molecule has 4 rings (SSSR count). The van der Waals surface area contributed by atoms with E-state index in [1.54, 1.807) is 18.4 Å². The Kier molecular flexibility index (Phi) is 4.97. The van der Waals surface area contributed by atoms with Crippen molar-refractivity contribution in [3.8, 4) is 16.9 Å². The minimum absolute atomic E-state index is 0.0397. The number of ether oxygens (including phenoxy) is 1. The predicted molar refractivity (Wildman–Crippen MR) is 114 cm³/mol. The molecule has 0 unspecified atom stereocenters. The summed E-state index contributed by atoms with van der Waals surface area (Å²) in [4.78, 5) is 18.0. The molecule has 1 aromatic carbocycles. The first-order chi connectivity index (χ1) is 13.6. The summed E-state index contributed by atoms with van der Waals surface area (Å²) in [5.41, 5.74) is 6.80. The number of ketones is 1. The number of nitrogens with zero attached hydrogens (tertiary/aromatic N) is 1. The van der Waals surface area contributed by atoms with Crippen molar-refractivity contribution in [1.82, 2.24) is 4.98 Å². The minimum atomic E-state index is 0.0397. The highest BCUT2D eigenvalue weighted by molar-refractivity contribution is 7.09. The van der Waals surface area contributed by atoms with Crippen molar-refractivity contribution in [2.24, 2.45) is 0 Å². The third-order valence-electron chi connectivity index (χ3n) is 5.03. The van der Waals surface area contributed by atoms with Gasteiger partial charge in [0.1, 0.15) is 5.75 Å². The van der Waals surface area contributed by atoms with Crippen molar-refractivity contribution in [2.75, 3.05) is 7.11 Å². The zero-order chi connectivity index (χ0) is 19.7. The molecule has 1 heterocycles. The lowest BCUT2D eigenvalue weighted by Crippen LogP contribution is -2.03. The molecule has 2 aromatic rings. The van der Waals surface area contributed by atoms with Crippen LogP contribution in [0.15, 0.2) is 60.0 Å². The van der Waals surface area contributed by atoms with E-state index in [2.05, 4.69) is 16.4 Å². The third-order valence-corrected chi connectivity index (χ3v) is 6.00. The molecule has 140 valence electrons. The molecule has 2 aliphatic carbocycles. The first-order valence-corrected chi connectivity index (χ1v) is 10.1. The summed E-state index contributed by atoms with van der Waals surface area (Å²) in [6, 6.07) is 17.5. The average molecular weight is 388 g/mol. The Morgan fingerprint density at radius 2 is 1.71 bits per heavy atom. The van der Waals surface area contributed by atoms with Crippen molar-refractivity contribution in [3.05, 3.63) is 92.9 Å². The lowest BCUT2D eigenvalue weighted by atomic mass is 9.99. The highest BCUT2D eigenvalue weighted by atomic mass is 32.1.